The van der Waals surface area contributed by atoms with E-state index in [0.29, 0.717) is 13.0 Å². The van der Waals surface area contributed by atoms with Gasteiger partial charge >= 0.3 is 0 Å². The van der Waals surface area contributed by atoms with Crippen LogP contribution in [0.1, 0.15) is 42.4 Å². The fourth-order valence-corrected chi connectivity index (χ4v) is 3.42. The van der Waals surface area contributed by atoms with Gasteiger partial charge < -0.3 is 15.5 Å². The van der Waals surface area contributed by atoms with Crippen LogP contribution >= 0.6 is 12.4 Å². The molecule has 4 nitrogen and oxygen atoms in total. The fourth-order valence-electron chi connectivity index (χ4n) is 3.42. The Bertz CT molecular complexity index is 702. The van der Waals surface area contributed by atoms with Gasteiger partial charge in [-0.1, -0.05) is 12.8 Å². The average Bonchev–Trinajstić information content (AvgIpc) is 3.09. The maximum atomic E-state index is 12.4. The summed E-state index contributed by atoms with van der Waals surface area (Å²) in [5.74, 6) is 0.0354. The number of fused-ring (bicyclic) bond motifs is 1. The van der Waals surface area contributed by atoms with Gasteiger partial charge in [0, 0.05) is 17.5 Å². The molecule has 0 atom stereocenters. The Morgan fingerprint density at radius 2 is 1.91 bits per heavy atom. The molecular formula is C18H25ClN2O2. The molecule has 0 radical (unpaired) electrons. The molecule has 3 rings (SSSR count). The first kappa shape index (κ1) is 17.8. The van der Waals surface area contributed by atoms with Gasteiger partial charge in [-0.3, -0.25) is 4.79 Å². The second kappa shape index (κ2) is 6.93. The lowest BCUT2D eigenvalue weighted by Crippen LogP contribution is -2.52. The van der Waals surface area contributed by atoms with Crippen molar-refractivity contribution in [3.05, 3.63) is 35.1 Å². The van der Waals surface area contributed by atoms with Gasteiger partial charge in [0.05, 0.1) is 18.2 Å². The zero-order valence-electron chi connectivity index (χ0n) is 13.8. The van der Waals surface area contributed by atoms with Crippen molar-refractivity contribution in [3.8, 4) is 0 Å². The summed E-state index contributed by atoms with van der Waals surface area (Å²) in [4.78, 5) is 12.4. The third kappa shape index (κ3) is 3.54. The number of benzene rings is 1. The van der Waals surface area contributed by atoms with Gasteiger partial charge in [0.1, 0.15) is 5.58 Å². The van der Waals surface area contributed by atoms with Crippen LogP contribution in [-0.4, -0.2) is 18.0 Å². The summed E-state index contributed by atoms with van der Waals surface area (Å²) in [6.45, 7) is 4.66. The molecule has 1 saturated carbocycles. The van der Waals surface area contributed by atoms with Crippen LogP contribution in [0.25, 0.3) is 11.0 Å². The highest BCUT2D eigenvalue weighted by Gasteiger charge is 2.33. The molecule has 1 aliphatic carbocycles. The molecule has 1 heterocycles. The Morgan fingerprint density at radius 1 is 1.26 bits per heavy atom. The summed E-state index contributed by atoms with van der Waals surface area (Å²) in [6, 6.07) is 4.13. The number of aryl methyl sites for hydroxylation is 2. The highest BCUT2D eigenvalue weighted by atomic mass is 35.5. The van der Waals surface area contributed by atoms with E-state index in [4.69, 9.17) is 10.2 Å². The number of amides is 1. The Labute approximate surface area is 143 Å². The summed E-state index contributed by atoms with van der Waals surface area (Å²) in [6.07, 6.45) is 6.30. The van der Waals surface area contributed by atoms with Crippen LogP contribution in [0.3, 0.4) is 0 Å². The van der Waals surface area contributed by atoms with E-state index in [1.165, 1.54) is 11.1 Å². The van der Waals surface area contributed by atoms with Crippen molar-refractivity contribution in [2.75, 3.05) is 6.54 Å². The maximum absolute atomic E-state index is 12.4. The predicted molar refractivity (Wildman–Crippen MR) is 95.0 cm³/mol. The van der Waals surface area contributed by atoms with Crippen molar-refractivity contribution in [3.63, 3.8) is 0 Å². The molecule has 126 valence electrons. The summed E-state index contributed by atoms with van der Waals surface area (Å²) >= 11 is 0. The van der Waals surface area contributed by atoms with E-state index < -0.39 is 0 Å². The number of hydrogen-bond donors (Lipinski definition) is 2. The summed E-state index contributed by atoms with van der Waals surface area (Å²) in [7, 11) is 0. The highest BCUT2D eigenvalue weighted by molar-refractivity contribution is 5.88. The van der Waals surface area contributed by atoms with E-state index >= 15 is 0 Å². The SMILES string of the molecule is Cc1cc2occ(CC(=O)NC3(CN)CCCC3)c2cc1C.Cl. The van der Waals surface area contributed by atoms with E-state index in [0.717, 1.165) is 42.2 Å². The van der Waals surface area contributed by atoms with Crippen molar-refractivity contribution in [1.29, 1.82) is 0 Å². The number of halogens is 1. The number of furan rings is 1. The minimum atomic E-state index is -0.191. The van der Waals surface area contributed by atoms with E-state index in [2.05, 4.69) is 25.2 Å². The standard InChI is InChI=1S/C18H24N2O2.ClH/c1-12-7-15-14(10-22-16(15)8-13(12)2)9-17(21)20-18(11-19)5-3-4-6-18;/h7-8,10H,3-6,9,11,19H2,1-2H3,(H,20,21);1H. The zero-order valence-corrected chi connectivity index (χ0v) is 14.6. The lowest BCUT2D eigenvalue weighted by molar-refractivity contribution is -0.122. The largest absolute Gasteiger partial charge is 0.464 e. The van der Waals surface area contributed by atoms with Gasteiger partial charge in [-0.25, -0.2) is 0 Å². The zero-order chi connectivity index (χ0) is 15.7. The Hall–Kier alpha value is -1.52. The first-order chi connectivity index (χ1) is 10.5. The van der Waals surface area contributed by atoms with Crippen molar-refractivity contribution in [1.82, 2.24) is 5.32 Å². The van der Waals surface area contributed by atoms with Gasteiger partial charge in [0.25, 0.3) is 0 Å². The van der Waals surface area contributed by atoms with Crippen molar-refractivity contribution >= 4 is 29.3 Å². The molecule has 23 heavy (non-hydrogen) atoms. The molecule has 2 aromatic rings. The molecule has 5 heteroatoms. The number of carbonyl (C=O) groups excluding carboxylic acids is 1. The van der Waals surface area contributed by atoms with Gasteiger partial charge in [-0.2, -0.15) is 0 Å². The number of hydrogen-bond acceptors (Lipinski definition) is 3. The topological polar surface area (TPSA) is 68.3 Å². The van der Waals surface area contributed by atoms with Crippen LogP contribution in [0.2, 0.25) is 0 Å². The molecule has 0 unspecified atom stereocenters. The second-order valence-corrected chi connectivity index (χ2v) is 6.61. The van der Waals surface area contributed by atoms with E-state index in [1.54, 1.807) is 6.26 Å². The minimum Gasteiger partial charge on any atom is -0.464 e. The molecule has 1 amide bonds. The number of nitrogens with one attached hydrogen (secondary N) is 1. The molecule has 1 fully saturated rings. The molecule has 1 aromatic heterocycles. The van der Waals surface area contributed by atoms with Gasteiger partial charge in [0.2, 0.25) is 5.91 Å². The summed E-state index contributed by atoms with van der Waals surface area (Å²) in [5.41, 5.74) is 9.90. The molecule has 0 bridgehead atoms. The van der Waals surface area contributed by atoms with Gasteiger partial charge in [-0.05, 0) is 49.9 Å². The normalized spacial score (nSPS) is 16.3. The summed E-state index contributed by atoms with van der Waals surface area (Å²) < 4.78 is 5.60. The quantitative estimate of drug-likeness (QED) is 0.899. The van der Waals surface area contributed by atoms with E-state index in [9.17, 15) is 4.79 Å². The number of nitrogens with two attached hydrogens (primary N) is 1. The third-order valence-electron chi connectivity index (χ3n) is 4.98. The lowest BCUT2D eigenvalue weighted by Gasteiger charge is -2.28. The third-order valence-corrected chi connectivity index (χ3v) is 4.98. The smallest absolute Gasteiger partial charge is 0.225 e. The number of rotatable bonds is 4. The van der Waals surface area contributed by atoms with Crippen LogP contribution in [0.5, 0.6) is 0 Å². The average molecular weight is 337 g/mol. The lowest BCUT2D eigenvalue weighted by atomic mass is 9.97. The fraction of sp³-hybridized carbons (Fsp3) is 0.500. The molecule has 0 aliphatic heterocycles. The Morgan fingerprint density at radius 3 is 2.57 bits per heavy atom. The van der Waals surface area contributed by atoms with Crippen LogP contribution < -0.4 is 11.1 Å². The molecule has 1 aromatic carbocycles. The second-order valence-electron chi connectivity index (χ2n) is 6.61. The van der Waals surface area contributed by atoms with Crippen molar-refractivity contribution < 1.29 is 9.21 Å². The van der Waals surface area contributed by atoms with Crippen LogP contribution in [0.15, 0.2) is 22.8 Å². The summed E-state index contributed by atoms with van der Waals surface area (Å²) in [5, 5.41) is 4.20. The molecular weight excluding hydrogens is 312 g/mol. The van der Waals surface area contributed by atoms with Crippen LogP contribution in [0, 0.1) is 13.8 Å². The highest BCUT2D eigenvalue weighted by Crippen LogP contribution is 2.29. The van der Waals surface area contributed by atoms with E-state index in [1.807, 2.05) is 6.07 Å². The van der Waals surface area contributed by atoms with Gasteiger partial charge in [-0.15, -0.1) is 12.4 Å². The van der Waals surface area contributed by atoms with Gasteiger partial charge in [0.15, 0.2) is 0 Å². The Balaban J connectivity index is 0.00000192. The minimum absolute atomic E-state index is 0. The maximum Gasteiger partial charge on any atom is 0.225 e. The monoisotopic (exact) mass is 336 g/mol. The first-order valence-electron chi connectivity index (χ1n) is 8.01. The van der Waals surface area contributed by atoms with Crippen molar-refractivity contribution in [2.24, 2.45) is 5.73 Å². The molecule has 0 spiro atoms. The molecule has 3 N–H and O–H groups in total. The number of carbonyl (C=O) groups is 1. The first-order valence-corrected chi connectivity index (χ1v) is 8.01. The van der Waals surface area contributed by atoms with Crippen LogP contribution in [-0.2, 0) is 11.2 Å². The molecule has 1 aliphatic rings. The van der Waals surface area contributed by atoms with E-state index in [-0.39, 0.29) is 23.9 Å². The molecule has 0 saturated heterocycles. The predicted octanol–water partition coefficient (Wildman–Crippen LogP) is 3.40. The van der Waals surface area contributed by atoms with Crippen molar-refractivity contribution in [2.45, 2.75) is 51.5 Å². The van der Waals surface area contributed by atoms with Crippen LogP contribution in [0.4, 0.5) is 0 Å². The Kier molecular flexibility index (Phi) is 5.37.